The Morgan fingerprint density at radius 3 is 2.63 bits per heavy atom. The molecule has 6 heteroatoms. The summed E-state index contributed by atoms with van der Waals surface area (Å²) in [5.74, 6) is -0.381. The molecule has 1 aromatic rings. The Morgan fingerprint density at radius 2 is 2.05 bits per heavy atom. The molecule has 104 valence electrons. The van der Waals surface area contributed by atoms with Crippen LogP contribution in [0.15, 0.2) is 22.7 Å². The van der Waals surface area contributed by atoms with Gasteiger partial charge in [0.2, 0.25) is 0 Å². The lowest BCUT2D eigenvalue weighted by Crippen LogP contribution is -2.49. The van der Waals surface area contributed by atoms with Crippen molar-refractivity contribution in [3.05, 3.63) is 28.5 Å². The number of anilines is 1. The van der Waals surface area contributed by atoms with Crippen molar-refractivity contribution < 1.29 is 9.18 Å². The third kappa shape index (κ3) is 3.67. The Morgan fingerprint density at radius 1 is 1.37 bits per heavy atom. The fourth-order valence-electron chi connectivity index (χ4n) is 2.04. The van der Waals surface area contributed by atoms with Crippen LogP contribution in [0.4, 0.5) is 14.9 Å². The maximum atomic E-state index is 13.4. The molecule has 0 unspecified atom stereocenters. The normalized spacial score (nSPS) is 16.5. The minimum absolute atomic E-state index is 0.169. The van der Waals surface area contributed by atoms with Crippen molar-refractivity contribution in [1.82, 2.24) is 9.80 Å². The second-order valence-electron chi connectivity index (χ2n) is 4.48. The molecule has 1 N–H and O–H groups in total. The maximum absolute atomic E-state index is 13.4. The number of rotatable bonds is 2. The molecule has 1 aliphatic rings. The number of hydrogen-bond donors (Lipinski definition) is 1. The number of nitrogens with zero attached hydrogens (tertiary/aromatic N) is 2. The Hall–Kier alpha value is -1.14. The third-order valence-electron chi connectivity index (χ3n) is 3.28. The highest BCUT2D eigenvalue weighted by Crippen LogP contribution is 2.19. The van der Waals surface area contributed by atoms with Gasteiger partial charge in [-0.1, -0.05) is 6.92 Å². The highest BCUT2D eigenvalue weighted by molar-refractivity contribution is 9.10. The first kappa shape index (κ1) is 14.3. The monoisotopic (exact) mass is 329 g/mol. The first-order valence-corrected chi connectivity index (χ1v) is 7.12. The van der Waals surface area contributed by atoms with Gasteiger partial charge in [-0.15, -0.1) is 0 Å². The van der Waals surface area contributed by atoms with E-state index in [1.165, 1.54) is 6.07 Å². The van der Waals surface area contributed by atoms with Crippen molar-refractivity contribution in [3.8, 4) is 0 Å². The number of piperazine rings is 1. The Balaban J connectivity index is 1.92. The van der Waals surface area contributed by atoms with Crippen molar-refractivity contribution in [1.29, 1.82) is 0 Å². The SMILES string of the molecule is CCN1CCN(C(=O)Nc2ccc(Br)c(F)c2)CC1. The van der Waals surface area contributed by atoms with Gasteiger partial charge >= 0.3 is 6.03 Å². The van der Waals surface area contributed by atoms with Gasteiger partial charge in [0.15, 0.2) is 0 Å². The van der Waals surface area contributed by atoms with Gasteiger partial charge in [-0.3, -0.25) is 0 Å². The zero-order valence-corrected chi connectivity index (χ0v) is 12.4. The largest absolute Gasteiger partial charge is 0.322 e. The number of nitrogens with one attached hydrogen (secondary N) is 1. The summed E-state index contributed by atoms with van der Waals surface area (Å²) in [6, 6.07) is 4.40. The molecule has 4 nitrogen and oxygen atoms in total. The number of halogens is 2. The lowest BCUT2D eigenvalue weighted by Gasteiger charge is -2.33. The van der Waals surface area contributed by atoms with Gasteiger partial charge in [-0.25, -0.2) is 9.18 Å². The molecule has 0 atom stereocenters. The second kappa shape index (κ2) is 6.34. The molecule has 0 radical (unpaired) electrons. The summed E-state index contributed by atoms with van der Waals surface area (Å²) in [6.07, 6.45) is 0. The van der Waals surface area contributed by atoms with Crippen LogP contribution in [0.2, 0.25) is 0 Å². The average molecular weight is 330 g/mol. The molecule has 0 bridgehead atoms. The molecule has 1 aliphatic heterocycles. The van der Waals surface area contributed by atoms with E-state index in [2.05, 4.69) is 33.1 Å². The van der Waals surface area contributed by atoms with E-state index in [-0.39, 0.29) is 11.8 Å². The summed E-state index contributed by atoms with van der Waals surface area (Å²) in [4.78, 5) is 16.1. The summed E-state index contributed by atoms with van der Waals surface area (Å²) >= 11 is 3.08. The summed E-state index contributed by atoms with van der Waals surface area (Å²) in [5.41, 5.74) is 0.476. The Labute approximate surface area is 120 Å². The van der Waals surface area contributed by atoms with Crippen LogP contribution in [0.25, 0.3) is 0 Å². The molecule has 0 aromatic heterocycles. The van der Waals surface area contributed by atoms with Crippen molar-refractivity contribution in [2.75, 3.05) is 38.0 Å². The van der Waals surface area contributed by atoms with Crippen molar-refractivity contribution >= 4 is 27.6 Å². The number of likely N-dealkylation sites (N-methyl/N-ethyl adjacent to an activating group) is 1. The van der Waals surface area contributed by atoms with Gasteiger partial charge in [0.1, 0.15) is 5.82 Å². The predicted octanol–water partition coefficient (Wildman–Crippen LogP) is 2.76. The standard InChI is InChI=1S/C13H17BrFN3O/c1-2-17-5-7-18(8-6-17)13(19)16-10-3-4-11(14)12(15)9-10/h3-4,9H,2,5-8H2,1H3,(H,16,19). The molecule has 1 fully saturated rings. The zero-order valence-electron chi connectivity index (χ0n) is 10.8. The van der Waals surface area contributed by atoms with E-state index in [9.17, 15) is 9.18 Å². The van der Waals surface area contributed by atoms with Gasteiger partial charge < -0.3 is 15.1 Å². The number of carbonyl (C=O) groups excluding carboxylic acids is 1. The molecule has 19 heavy (non-hydrogen) atoms. The second-order valence-corrected chi connectivity index (χ2v) is 5.33. The van der Waals surface area contributed by atoms with Gasteiger partial charge in [-0.2, -0.15) is 0 Å². The van der Waals surface area contributed by atoms with Crippen LogP contribution in [-0.2, 0) is 0 Å². The molecule has 1 aromatic carbocycles. The van der Waals surface area contributed by atoms with E-state index in [1.54, 1.807) is 17.0 Å². The minimum Gasteiger partial charge on any atom is -0.322 e. The lowest BCUT2D eigenvalue weighted by atomic mass is 10.3. The van der Waals surface area contributed by atoms with Crippen LogP contribution in [0.1, 0.15) is 6.92 Å². The topological polar surface area (TPSA) is 35.6 Å². The predicted molar refractivity (Wildman–Crippen MR) is 76.8 cm³/mol. The van der Waals surface area contributed by atoms with Crippen LogP contribution in [0.3, 0.4) is 0 Å². The summed E-state index contributed by atoms with van der Waals surface area (Å²) < 4.78 is 13.7. The van der Waals surface area contributed by atoms with Crippen molar-refractivity contribution in [2.24, 2.45) is 0 Å². The van der Waals surface area contributed by atoms with Crippen LogP contribution in [-0.4, -0.2) is 48.6 Å². The lowest BCUT2D eigenvalue weighted by molar-refractivity contribution is 0.151. The van der Waals surface area contributed by atoms with Gasteiger partial charge in [0.05, 0.1) is 4.47 Å². The van der Waals surface area contributed by atoms with Crippen molar-refractivity contribution in [3.63, 3.8) is 0 Å². The summed E-state index contributed by atoms with van der Waals surface area (Å²) in [7, 11) is 0. The molecular weight excluding hydrogens is 313 g/mol. The molecular formula is C13H17BrFN3O. The van der Waals surface area contributed by atoms with E-state index in [1.807, 2.05) is 0 Å². The molecule has 2 amide bonds. The highest BCUT2D eigenvalue weighted by atomic mass is 79.9. The van der Waals surface area contributed by atoms with Crippen LogP contribution >= 0.6 is 15.9 Å². The molecule has 2 rings (SSSR count). The molecule has 0 spiro atoms. The van der Waals surface area contributed by atoms with E-state index in [0.717, 1.165) is 19.6 Å². The van der Waals surface area contributed by atoms with Crippen LogP contribution < -0.4 is 5.32 Å². The fourth-order valence-corrected chi connectivity index (χ4v) is 2.29. The molecule has 0 aliphatic carbocycles. The number of carbonyl (C=O) groups is 1. The minimum atomic E-state index is -0.381. The smallest absolute Gasteiger partial charge is 0.321 e. The Bertz CT molecular complexity index is 461. The summed E-state index contributed by atoms with van der Waals surface area (Å²) in [6.45, 7) is 6.31. The summed E-state index contributed by atoms with van der Waals surface area (Å²) in [5, 5.41) is 2.72. The Kier molecular flexibility index (Phi) is 4.76. The fraction of sp³-hybridized carbons (Fsp3) is 0.462. The van der Waals surface area contributed by atoms with E-state index in [4.69, 9.17) is 0 Å². The maximum Gasteiger partial charge on any atom is 0.321 e. The molecule has 1 saturated heterocycles. The van der Waals surface area contributed by atoms with E-state index >= 15 is 0 Å². The zero-order chi connectivity index (χ0) is 13.8. The number of urea groups is 1. The number of amides is 2. The number of benzene rings is 1. The van der Waals surface area contributed by atoms with Gasteiger partial charge in [-0.05, 0) is 40.7 Å². The van der Waals surface area contributed by atoms with Crippen LogP contribution in [0.5, 0.6) is 0 Å². The first-order chi connectivity index (χ1) is 9.10. The van der Waals surface area contributed by atoms with Crippen molar-refractivity contribution in [2.45, 2.75) is 6.92 Å². The highest BCUT2D eigenvalue weighted by Gasteiger charge is 2.20. The van der Waals surface area contributed by atoms with E-state index < -0.39 is 0 Å². The van der Waals surface area contributed by atoms with Gasteiger partial charge in [0.25, 0.3) is 0 Å². The van der Waals surface area contributed by atoms with E-state index in [0.29, 0.717) is 23.2 Å². The average Bonchev–Trinajstić information content (AvgIpc) is 2.43. The van der Waals surface area contributed by atoms with Crippen LogP contribution in [0, 0.1) is 5.82 Å². The first-order valence-electron chi connectivity index (χ1n) is 6.33. The quantitative estimate of drug-likeness (QED) is 0.905. The number of hydrogen-bond acceptors (Lipinski definition) is 2. The third-order valence-corrected chi connectivity index (χ3v) is 3.92. The molecule has 0 saturated carbocycles. The van der Waals surface area contributed by atoms with Gasteiger partial charge in [0, 0.05) is 31.9 Å². The molecule has 1 heterocycles.